The molecular weight excluding hydrogens is 373 g/mol. The average molecular weight is 395 g/mol. The lowest BCUT2D eigenvalue weighted by Crippen LogP contribution is -2.36. The molecule has 0 unspecified atom stereocenters. The summed E-state index contributed by atoms with van der Waals surface area (Å²) in [6.45, 7) is 3.71. The van der Waals surface area contributed by atoms with Gasteiger partial charge in [-0.25, -0.2) is 9.18 Å². The van der Waals surface area contributed by atoms with E-state index < -0.39 is 5.63 Å². The van der Waals surface area contributed by atoms with Gasteiger partial charge in [0.05, 0.1) is 0 Å². The Hall–Kier alpha value is -3.15. The maximum atomic E-state index is 14.0. The van der Waals surface area contributed by atoms with Gasteiger partial charge in [-0.1, -0.05) is 18.2 Å². The summed E-state index contributed by atoms with van der Waals surface area (Å²) in [4.78, 5) is 26.2. The van der Waals surface area contributed by atoms with Gasteiger partial charge in [-0.05, 0) is 50.5 Å². The molecule has 0 N–H and O–H groups in total. The van der Waals surface area contributed by atoms with Crippen molar-refractivity contribution in [2.24, 2.45) is 0 Å². The SMILES string of the molecule is Cc1cc(=O)oc2c(C)c(OCC(=O)N(Cc3ccccc3F)C3CC3)ccc12. The number of aryl methyl sites for hydroxylation is 2. The van der Waals surface area contributed by atoms with E-state index in [-0.39, 0.29) is 30.9 Å². The van der Waals surface area contributed by atoms with Gasteiger partial charge in [0.15, 0.2) is 6.61 Å². The molecule has 1 heterocycles. The molecule has 4 rings (SSSR count). The summed E-state index contributed by atoms with van der Waals surface area (Å²) < 4.78 is 25.1. The van der Waals surface area contributed by atoms with Gasteiger partial charge in [-0.15, -0.1) is 0 Å². The molecule has 1 aromatic heterocycles. The van der Waals surface area contributed by atoms with Crippen LogP contribution in [0.15, 0.2) is 51.7 Å². The van der Waals surface area contributed by atoms with Gasteiger partial charge in [0.1, 0.15) is 17.1 Å². The molecule has 5 nitrogen and oxygen atoms in total. The van der Waals surface area contributed by atoms with Crippen LogP contribution in [0.1, 0.15) is 29.5 Å². The van der Waals surface area contributed by atoms with Gasteiger partial charge in [0.25, 0.3) is 5.91 Å². The average Bonchev–Trinajstić information content (AvgIpc) is 3.52. The molecule has 0 atom stereocenters. The van der Waals surface area contributed by atoms with Crippen LogP contribution in [0, 0.1) is 19.7 Å². The number of ether oxygens (including phenoxy) is 1. The highest BCUT2D eigenvalue weighted by molar-refractivity contribution is 5.85. The number of benzene rings is 2. The number of fused-ring (bicyclic) bond motifs is 1. The number of carbonyl (C=O) groups is 1. The first kappa shape index (κ1) is 19.2. The van der Waals surface area contributed by atoms with Crippen molar-refractivity contribution in [1.82, 2.24) is 4.90 Å². The maximum Gasteiger partial charge on any atom is 0.336 e. The minimum atomic E-state index is -0.420. The minimum Gasteiger partial charge on any atom is -0.483 e. The lowest BCUT2D eigenvalue weighted by atomic mass is 10.1. The van der Waals surface area contributed by atoms with E-state index in [9.17, 15) is 14.0 Å². The van der Waals surface area contributed by atoms with Crippen LogP contribution >= 0.6 is 0 Å². The van der Waals surface area contributed by atoms with Crippen LogP contribution in [0.4, 0.5) is 4.39 Å². The van der Waals surface area contributed by atoms with Crippen LogP contribution < -0.4 is 10.4 Å². The van der Waals surface area contributed by atoms with Gasteiger partial charge in [0, 0.05) is 35.2 Å². The zero-order chi connectivity index (χ0) is 20.5. The van der Waals surface area contributed by atoms with E-state index in [4.69, 9.17) is 9.15 Å². The summed E-state index contributed by atoms with van der Waals surface area (Å²) >= 11 is 0. The predicted molar refractivity (Wildman–Crippen MR) is 107 cm³/mol. The summed E-state index contributed by atoms with van der Waals surface area (Å²) in [6, 6.07) is 11.7. The molecule has 1 amide bonds. The molecule has 3 aromatic rings. The van der Waals surface area contributed by atoms with Crippen LogP contribution in [0.5, 0.6) is 5.75 Å². The van der Waals surface area contributed by atoms with E-state index in [1.807, 2.05) is 13.0 Å². The molecule has 150 valence electrons. The van der Waals surface area contributed by atoms with E-state index in [1.54, 1.807) is 36.1 Å². The number of nitrogens with zero attached hydrogens (tertiary/aromatic N) is 1. The fourth-order valence-corrected chi connectivity index (χ4v) is 3.50. The fraction of sp³-hybridized carbons (Fsp3) is 0.304. The highest BCUT2D eigenvalue weighted by Crippen LogP contribution is 2.30. The number of carbonyl (C=O) groups excluding carboxylic acids is 1. The first-order valence-electron chi connectivity index (χ1n) is 9.64. The van der Waals surface area contributed by atoms with Crippen LogP contribution in [-0.4, -0.2) is 23.5 Å². The van der Waals surface area contributed by atoms with E-state index >= 15 is 0 Å². The number of halogens is 1. The van der Waals surface area contributed by atoms with Crippen molar-refractivity contribution in [1.29, 1.82) is 0 Å². The number of amides is 1. The van der Waals surface area contributed by atoms with Gasteiger partial charge >= 0.3 is 5.63 Å². The summed E-state index contributed by atoms with van der Waals surface area (Å²) in [5, 5.41) is 0.833. The highest BCUT2D eigenvalue weighted by Gasteiger charge is 2.33. The number of hydrogen-bond donors (Lipinski definition) is 0. The zero-order valence-electron chi connectivity index (χ0n) is 16.4. The Bertz CT molecular complexity index is 1130. The van der Waals surface area contributed by atoms with Crippen LogP contribution in [-0.2, 0) is 11.3 Å². The number of rotatable bonds is 6. The van der Waals surface area contributed by atoms with Crippen LogP contribution in [0.25, 0.3) is 11.0 Å². The van der Waals surface area contributed by atoms with E-state index in [1.165, 1.54) is 12.1 Å². The molecule has 0 aliphatic heterocycles. The Kier molecular flexibility index (Phi) is 5.09. The van der Waals surface area contributed by atoms with Crippen molar-refractivity contribution in [3.63, 3.8) is 0 Å². The monoisotopic (exact) mass is 395 g/mol. The molecule has 6 heteroatoms. The molecule has 1 saturated carbocycles. The Labute approximate surface area is 167 Å². The largest absolute Gasteiger partial charge is 0.483 e. The van der Waals surface area contributed by atoms with Crippen molar-refractivity contribution in [2.75, 3.05) is 6.61 Å². The van der Waals surface area contributed by atoms with Crippen LogP contribution in [0.3, 0.4) is 0 Å². The van der Waals surface area contributed by atoms with Gasteiger partial charge in [0.2, 0.25) is 0 Å². The van der Waals surface area contributed by atoms with Crippen molar-refractivity contribution in [2.45, 2.75) is 39.3 Å². The third-order valence-electron chi connectivity index (χ3n) is 5.28. The normalized spacial score (nSPS) is 13.5. The lowest BCUT2D eigenvalue weighted by Gasteiger charge is -2.23. The summed E-state index contributed by atoms with van der Waals surface area (Å²) in [5.41, 5.74) is 2.03. The van der Waals surface area contributed by atoms with Crippen molar-refractivity contribution >= 4 is 16.9 Å². The Morgan fingerprint density at radius 2 is 1.97 bits per heavy atom. The summed E-state index contributed by atoms with van der Waals surface area (Å²) in [5.74, 6) is -0.0233. The predicted octanol–water partition coefficient (Wildman–Crippen LogP) is 4.12. The second-order valence-electron chi connectivity index (χ2n) is 7.45. The smallest absolute Gasteiger partial charge is 0.336 e. The Morgan fingerprint density at radius 3 is 2.69 bits per heavy atom. The second kappa shape index (κ2) is 7.70. The van der Waals surface area contributed by atoms with Gasteiger partial charge in [-0.3, -0.25) is 4.79 Å². The van der Waals surface area contributed by atoms with E-state index in [2.05, 4.69) is 0 Å². The molecule has 2 aromatic carbocycles. The van der Waals surface area contributed by atoms with E-state index in [0.717, 1.165) is 23.8 Å². The molecule has 1 aliphatic carbocycles. The molecule has 29 heavy (non-hydrogen) atoms. The van der Waals surface area contributed by atoms with Gasteiger partial charge in [-0.2, -0.15) is 0 Å². The molecule has 0 spiro atoms. The quantitative estimate of drug-likeness (QED) is 0.589. The molecule has 0 saturated heterocycles. The minimum absolute atomic E-state index is 0.129. The van der Waals surface area contributed by atoms with Crippen molar-refractivity contribution in [3.05, 3.63) is 75.4 Å². The van der Waals surface area contributed by atoms with Crippen LogP contribution in [0.2, 0.25) is 0 Å². The first-order chi connectivity index (χ1) is 13.9. The Balaban J connectivity index is 1.52. The topological polar surface area (TPSA) is 59.8 Å². The molecule has 1 aliphatic rings. The maximum absolute atomic E-state index is 14.0. The Morgan fingerprint density at radius 1 is 1.21 bits per heavy atom. The summed E-state index contributed by atoms with van der Waals surface area (Å²) in [6.07, 6.45) is 1.83. The van der Waals surface area contributed by atoms with Crippen molar-refractivity contribution < 1.29 is 18.3 Å². The molecular formula is C23H22FNO4. The first-order valence-corrected chi connectivity index (χ1v) is 9.64. The van der Waals surface area contributed by atoms with Crippen molar-refractivity contribution in [3.8, 4) is 5.75 Å². The standard InChI is InChI=1S/C23H22FNO4/c1-14-11-22(27)29-23-15(2)20(10-9-18(14)23)28-13-21(26)25(17-7-8-17)12-16-5-3-4-6-19(16)24/h3-6,9-11,17H,7-8,12-13H2,1-2H3. The van der Waals surface area contributed by atoms with E-state index in [0.29, 0.717) is 22.5 Å². The molecule has 0 bridgehead atoms. The highest BCUT2D eigenvalue weighted by atomic mass is 19.1. The second-order valence-corrected chi connectivity index (χ2v) is 7.45. The molecule has 1 fully saturated rings. The van der Waals surface area contributed by atoms with Gasteiger partial charge < -0.3 is 14.1 Å². The fourth-order valence-electron chi connectivity index (χ4n) is 3.50. The lowest BCUT2D eigenvalue weighted by molar-refractivity contribution is -0.134. The third-order valence-corrected chi connectivity index (χ3v) is 5.28. The molecule has 0 radical (unpaired) electrons. The summed E-state index contributed by atoms with van der Waals surface area (Å²) in [7, 11) is 0. The zero-order valence-corrected chi connectivity index (χ0v) is 16.4. The third kappa shape index (κ3) is 4.01. The number of hydrogen-bond acceptors (Lipinski definition) is 4.